The molecule has 0 bridgehead atoms. The molecule has 0 saturated carbocycles. The first-order valence-corrected chi connectivity index (χ1v) is 18.7. The lowest BCUT2D eigenvalue weighted by molar-refractivity contribution is -0.385. The van der Waals surface area contributed by atoms with Gasteiger partial charge in [-0.05, 0) is 108 Å². The Morgan fingerprint density at radius 2 is 0.867 bits per heavy atom. The van der Waals surface area contributed by atoms with Crippen molar-refractivity contribution in [1.29, 1.82) is 0 Å². The van der Waals surface area contributed by atoms with E-state index in [-0.39, 0.29) is 11.4 Å². The van der Waals surface area contributed by atoms with E-state index in [1.165, 1.54) is 40.1 Å². The smallest absolute Gasteiger partial charge is 0.419 e. The van der Waals surface area contributed by atoms with Gasteiger partial charge in [0.2, 0.25) is 0 Å². The summed E-state index contributed by atoms with van der Waals surface area (Å²) in [7, 11) is 0. The average molecular weight is 813 g/mol. The molecule has 0 fully saturated rings. The molecule has 0 unspecified atom stereocenters. The highest BCUT2D eigenvalue weighted by Crippen LogP contribution is 2.31. The van der Waals surface area contributed by atoms with Gasteiger partial charge in [-0.3, -0.25) is 20.2 Å². The molecule has 0 aliphatic heterocycles. The monoisotopic (exact) mass is 812 g/mol. The Labute approximate surface area is 349 Å². The maximum absolute atomic E-state index is 12.6. The number of nitro benzene ring substituents is 2. The number of nitro groups is 2. The summed E-state index contributed by atoms with van der Waals surface area (Å²) in [5.74, 6) is 0. The number of anilines is 7. The van der Waals surface area contributed by atoms with Gasteiger partial charge in [0.15, 0.2) is 0 Å². The van der Waals surface area contributed by atoms with E-state index in [2.05, 4.69) is 5.32 Å². The van der Waals surface area contributed by atoms with Crippen LogP contribution in [0.2, 0.25) is 0 Å². The molecule has 6 aromatic rings. The topological polar surface area (TPSA) is 183 Å². The number of rotatable bonds is 8. The van der Waals surface area contributed by atoms with Gasteiger partial charge in [-0.1, -0.05) is 72.8 Å². The molecule has 0 radical (unpaired) electrons. The van der Waals surface area contributed by atoms with E-state index in [1.807, 2.05) is 99.6 Å². The number of amides is 2. The highest BCUT2D eigenvalue weighted by molar-refractivity contribution is 5.97. The van der Waals surface area contributed by atoms with Gasteiger partial charge in [-0.25, -0.2) is 19.4 Å². The number of hydrogen-bond donors (Lipinski definition) is 2. The van der Waals surface area contributed by atoms with Gasteiger partial charge in [-0.2, -0.15) is 0 Å². The van der Waals surface area contributed by atoms with Crippen LogP contribution in [0.5, 0.6) is 0 Å². The van der Waals surface area contributed by atoms with Crippen molar-refractivity contribution in [1.82, 2.24) is 0 Å². The molecule has 6 aromatic carbocycles. The Hall–Kier alpha value is -7.74. The van der Waals surface area contributed by atoms with Crippen molar-refractivity contribution in [3.05, 3.63) is 184 Å². The molecule has 0 heterocycles. The van der Waals surface area contributed by atoms with Crippen molar-refractivity contribution in [2.45, 2.75) is 52.7 Å². The number of ether oxygens (including phenoxy) is 2. The third-order valence-electron chi connectivity index (χ3n) is 7.73. The van der Waals surface area contributed by atoms with Crippen LogP contribution in [-0.4, -0.2) is 33.2 Å². The van der Waals surface area contributed by atoms with E-state index in [9.17, 15) is 29.8 Å². The third kappa shape index (κ3) is 14.3. The molecule has 60 heavy (non-hydrogen) atoms. The van der Waals surface area contributed by atoms with Crippen LogP contribution in [0.3, 0.4) is 0 Å². The van der Waals surface area contributed by atoms with E-state index in [1.54, 1.807) is 75.4 Å². The molecular formula is C46H48N6O8. The maximum atomic E-state index is 12.6. The lowest BCUT2D eigenvalue weighted by atomic mass is 10.2. The van der Waals surface area contributed by atoms with E-state index < -0.39 is 33.2 Å². The van der Waals surface area contributed by atoms with Crippen LogP contribution in [0.15, 0.2) is 164 Å². The van der Waals surface area contributed by atoms with Crippen molar-refractivity contribution in [2.24, 2.45) is 0 Å². The third-order valence-corrected chi connectivity index (χ3v) is 7.73. The van der Waals surface area contributed by atoms with Gasteiger partial charge in [0, 0.05) is 41.3 Å². The van der Waals surface area contributed by atoms with Crippen LogP contribution in [-0.2, 0) is 9.47 Å². The number of hydrogen-bond acceptors (Lipinski definition) is 10. The summed E-state index contributed by atoms with van der Waals surface area (Å²) < 4.78 is 10.9. The number of non-ortho nitro benzene ring substituents is 2. The molecule has 310 valence electrons. The predicted octanol–water partition coefficient (Wildman–Crippen LogP) is 12.3. The highest BCUT2D eigenvalue weighted by Gasteiger charge is 2.27. The lowest BCUT2D eigenvalue weighted by Gasteiger charge is -2.27. The standard InChI is InChI=1S/C17H18N2O4.C17H20N2O2.C12H10N2O2/c1-17(2,3)23-16(20)18(13-8-5-4-6-9-13)14-10-7-11-15(12-14)19(21)22;1-17(2,3)21-16(20)19(14-9-5-4-6-10-14)15-11-7-8-13(18)12-15;15-14(16)12-8-4-7-11(9-12)13-10-5-2-1-3-6-10/h4-12H,1-3H3;4-12H,18H2,1-3H3;1-9,13H. The van der Waals surface area contributed by atoms with Gasteiger partial charge < -0.3 is 20.5 Å². The van der Waals surface area contributed by atoms with Gasteiger partial charge in [0.1, 0.15) is 11.2 Å². The first-order chi connectivity index (χ1) is 28.4. The summed E-state index contributed by atoms with van der Waals surface area (Å²) in [6, 6.07) is 47.2. The molecule has 0 saturated heterocycles. The van der Waals surface area contributed by atoms with Gasteiger partial charge in [0.05, 0.1) is 32.6 Å². The van der Waals surface area contributed by atoms with E-state index in [0.29, 0.717) is 28.4 Å². The normalized spacial score (nSPS) is 10.6. The van der Waals surface area contributed by atoms with Gasteiger partial charge in [-0.15, -0.1) is 0 Å². The van der Waals surface area contributed by atoms with Crippen LogP contribution in [0.4, 0.5) is 60.8 Å². The van der Waals surface area contributed by atoms with Crippen molar-refractivity contribution >= 4 is 63.4 Å². The van der Waals surface area contributed by atoms with Crippen LogP contribution in [0.1, 0.15) is 41.5 Å². The van der Waals surface area contributed by atoms with E-state index in [0.717, 1.165) is 11.4 Å². The molecular weight excluding hydrogens is 765 g/mol. The summed E-state index contributed by atoms with van der Waals surface area (Å²) in [6.45, 7) is 10.8. The molecule has 0 aromatic heterocycles. The molecule has 3 N–H and O–H groups in total. The zero-order valence-electron chi connectivity index (χ0n) is 34.2. The SMILES string of the molecule is CC(C)(C)OC(=O)N(c1ccccc1)c1cccc(N)c1.CC(C)(C)OC(=O)N(c1ccccc1)c1cccc([N+](=O)[O-])c1.O=[N+]([O-])c1cccc(Nc2ccccc2)c1. The van der Waals surface area contributed by atoms with Crippen molar-refractivity contribution < 1.29 is 28.9 Å². The summed E-state index contributed by atoms with van der Waals surface area (Å²) >= 11 is 0. The van der Waals surface area contributed by atoms with E-state index >= 15 is 0 Å². The number of nitrogens with one attached hydrogen (secondary N) is 1. The molecule has 0 aliphatic carbocycles. The predicted molar refractivity (Wildman–Crippen MR) is 236 cm³/mol. The molecule has 14 nitrogen and oxygen atoms in total. The molecule has 14 heteroatoms. The van der Waals surface area contributed by atoms with Crippen molar-refractivity contribution in [3.8, 4) is 0 Å². The summed E-state index contributed by atoms with van der Waals surface area (Å²) in [6.07, 6.45) is -1.02. The largest absolute Gasteiger partial charge is 0.443 e. The molecule has 2 amide bonds. The summed E-state index contributed by atoms with van der Waals surface area (Å²) in [5.41, 5.74) is 9.14. The average Bonchev–Trinajstić information content (AvgIpc) is 3.19. The molecule has 6 rings (SSSR count). The number of para-hydroxylation sites is 3. The second-order valence-corrected chi connectivity index (χ2v) is 15.0. The Bertz CT molecular complexity index is 2350. The fourth-order valence-electron chi connectivity index (χ4n) is 5.28. The number of carbonyl (C=O) groups excluding carboxylic acids is 2. The quantitative estimate of drug-likeness (QED) is 0.0851. The second-order valence-electron chi connectivity index (χ2n) is 15.0. The van der Waals surface area contributed by atoms with E-state index in [4.69, 9.17) is 15.2 Å². The van der Waals surface area contributed by atoms with Crippen molar-refractivity contribution in [2.75, 3.05) is 20.9 Å². The molecule has 0 atom stereocenters. The number of benzene rings is 6. The highest BCUT2D eigenvalue weighted by atomic mass is 16.6. The number of nitrogen functional groups attached to an aromatic ring is 1. The Kier molecular flexibility index (Phi) is 15.4. The minimum absolute atomic E-state index is 0.0842. The Morgan fingerprint density at radius 1 is 0.500 bits per heavy atom. The van der Waals surface area contributed by atoms with Crippen LogP contribution in [0.25, 0.3) is 0 Å². The molecule has 0 aliphatic rings. The fourth-order valence-corrected chi connectivity index (χ4v) is 5.28. The fraction of sp³-hybridized carbons (Fsp3) is 0.174. The maximum Gasteiger partial charge on any atom is 0.419 e. The van der Waals surface area contributed by atoms with Gasteiger partial charge in [0.25, 0.3) is 11.4 Å². The summed E-state index contributed by atoms with van der Waals surface area (Å²) in [5, 5.41) is 24.7. The number of carbonyl (C=O) groups is 2. The van der Waals surface area contributed by atoms with Crippen LogP contribution in [0, 0.1) is 20.2 Å². The Morgan fingerprint density at radius 3 is 1.30 bits per heavy atom. The molecule has 0 spiro atoms. The minimum atomic E-state index is -0.676. The number of nitrogens with two attached hydrogens (primary N) is 1. The summed E-state index contributed by atoms with van der Waals surface area (Å²) in [4.78, 5) is 48.6. The minimum Gasteiger partial charge on any atom is -0.443 e. The van der Waals surface area contributed by atoms with Crippen LogP contribution >= 0.6 is 0 Å². The van der Waals surface area contributed by atoms with Gasteiger partial charge >= 0.3 is 12.2 Å². The first kappa shape index (κ1) is 45.0. The zero-order chi connectivity index (χ0) is 43.9. The second kappa shape index (κ2) is 20.6. The first-order valence-electron chi connectivity index (χ1n) is 18.7. The van der Waals surface area contributed by atoms with Crippen molar-refractivity contribution in [3.63, 3.8) is 0 Å². The lowest BCUT2D eigenvalue weighted by Crippen LogP contribution is -2.33. The zero-order valence-corrected chi connectivity index (χ0v) is 34.2. The Balaban J connectivity index is 0.000000201. The van der Waals surface area contributed by atoms with Crippen LogP contribution < -0.4 is 20.9 Å². The number of nitrogens with zero attached hydrogens (tertiary/aromatic N) is 4.